The molecule has 0 saturated heterocycles. The van der Waals surface area contributed by atoms with Crippen LogP contribution in [0.25, 0.3) is 33.8 Å². The van der Waals surface area contributed by atoms with Crippen molar-refractivity contribution in [3.63, 3.8) is 0 Å². The van der Waals surface area contributed by atoms with E-state index in [1.54, 1.807) is 48.3 Å². The third-order valence-electron chi connectivity index (χ3n) is 6.56. The van der Waals surface area contributed by atoms with E-state index in [1.807, 2.05) is 0 Å². The van der Waals surface area contributed by atoms with Crippen LogP contribution in [0.1, 0.15) is 42.6 Å². The molecule has 4 aromatic heterocycles. The van der Waals surface area contributed by atoms with E-state index in [9.17, 15) is 22.0 Å². The van der Waals surface area contributed by atoms with Crippen molar-refractivity contribution in [3.05, 3.63) is 66.1 Å². The molecule has 1 aliphatic rings. The number of rotatable bonds is 8. The van der Waals surface area contributed by atoms with E-state index in [1.165, 1.54) is 10.9 Å². The number of hydrogen-bond acceptors (Lipinski definition) is 7. The molecular formula is C26H21F5N8O. The Balaban J connectivity index is 1.32. The Bertz CT molecular complexity index is 1680. The Hall–Kier alpha value is -4.49. The van der Waals surface area contributed by atoms with Crippen molar-refractivity contribution in [2.75, 3.05) is 0 Å². The second-order valence-corrected chi connectivity index (χ2v) is 9.30. The number of halogens is 5. The van der Waals surface area contributed by atoms with Gasteiger partial charge in [-0.3, -0.25) is 0 Å². The van der Waals surface area contributed by atoms with Gasteiger partial charge in [0.15, 0.2) is 17.2 Å². The zero-order valence-corrected chi connectivity index (χ0v) is 21.0. The molecule has 4 heterocycles. The lowest BCUT2D eigenvalue weighted by molar-refractivity contribution is -0.140. The van der Waals surface area contributed by atoms with Gasteiger partial charge in [0.1, 0.15) is 17.7 Å². The fraction of sp³-hybridized carbons (Fsp3) is 0.308. The molecule has 40 heavy (non-hydrogen) atoms. The maximum absolute atomic E-state index is 13.2. The van der Waals surface area contributed by atoms with Crippen LogP contribution in [0.3, 0.4) is 0 Å². The largest absolute Gasteiger partial charge is 0.434 e. The highest BCUT2D eigenvalue weighted by Crippen LogP contribution is 2.45. The minimum absolute atomic E-state index is 0.0938. The number of aryl methyl sites for hydroxylation is 1. The van der Waals surface area contributed by atoms with Crippen LogP contribution in [-0.4, -0.2) is 45.9 Å². The Morgan fingerprint density at radius 2 is 1.80 bits per heavy atom. The predicted molar refractivity (Wildman–Crippen MR) is 132 cm³/mol. The third kappa shape index (κ3) is 4.96. The molecule has 6 rings (SSSR count). The monoisotopic (exact) mass is 556 g/mol. The lowest BCUT2D eigenvalue weighted by Gasteiger charge is -2.12. The summed E-state index contributed by atoms with van der Waals surface area (Å²) < 4.78 is 73.5. The summed E-state index contributed by atoms with van der Waals surface area (Å²) in [6.45, 7) is -0.706. The quantitative estimate of drug-likeness (QED) is 0.226. The van der Waals surface area contributed by atoms with Gasteiger partial charge < -0.3 is 9.30 Å². The van der Waals surface area contributed by atoms with Gasteiger partial charge in [-0.2, -0.15) is 27.1 Å². The van der Waals surface area contributed by atoms with Crippen molar-refractivity contribution < 1.29 is 26.7 Å². The molecule has 0 N–H and O–H groups in total. The standard InChI is InChI=1S/C26H21F5N8O/c1-2-38-12-18(26(29,30)31)36-22(38)16-5-3-14(4-6-16)11-39-23-17(10-35-39)9-32-21(37-23)19-20(15-7-8-15)33-13-34-24(19)40-25(27)28/h3-6,9-10,12-13,15,25H,2,7-8,11H2,1H3. The zero-order chi connectivity index (χ0) is 28.0. The first-order valence-corrected chi connectivity index (χ1v) is 12.4. The molecule has 14 heteroatoms. The second kappa shape index (κ2) is 9.92. The molecule has 1 aliphatic carbocycles. The average molecular weight is 556 g/mol. The van der Waals surface area contributed by atoms with Crippen molar-refractivity contribution in [1.82, 2.24) is 39.3 Å². The molecule has 1 fully saturated rings. The summed E-state index contributed by atoms with van der Waals surface area (Å²) in [5.74, 6) is 0.180. The number of ether oxygens (including phenoxy) is 1. The highest BCUT2D eigenvalue weighted by molar-refractivity contribution is 5.77. The highest BCUT2D eigenvalue weighted by Gasteiger charge is 2.35. The van der Waals surface area contributed by atoms with Crippen LogP contribution in [0.2, 0.25) is 0 Å². The minimum Gasteiger partial charge on any atom is -0.416 e. The fourth-order valence-electron chi connectivity index (χ4n) is 4.49. The maximum atomic E-state index is 13.2. The van der Waals surface area contributed by atoms with Crippen LogP contribution in [-0.2, 0) is 19.3 Å². The molecule has 0 bridgehead atoms. The topological polar surface area (TPSA) is 96.4 Å². The van der Waals surface area contributed by atoms with Gasteiger partial charge in [-0.05, 0) is 25.3 Å². The normalized spacial score (nSPS) is 13.9. The number of hydrogen-bond donors (Lipinski definition) is 0. The number of fused-ring (bicyclic) bond motifs is 1. The van der Waals surface area contributed by atoms with Gasteiger partial charge in [0, 0.05) is 30.4 Å². The molecule has 0 aliphatic heterocycles. The summed E-state index contributed by atoms with van der Waals surface area (Å²) >= 11 is 0. The first kappa shape index (κ1) is 25.8. The van der Waals surface area contributed by atoms with Gasteiger partial charge in [-0.25, -0.2) is 29.6 Å². The van der Waals surface area contributed by atoms with Crippen LogP contribution in [0.4, 0.5) is 22.0 Å². The lowest BCUT2D eigenvalue weighted by Crippen LogP contribution is -2.09. The summed E-state index contributed by atoms with van der Waals surface area (Å²) in [6.07, 6.45) is 2.52. The second-order valence-electron chi connectivity index (χ2n) is 9.30. The summed E-state index contributed by atoms with van der Waals surface area (Å²) in [4.78, 5) is 21.0. The molecule has 0 unspecified atom stereocenters. The molecule has 206 valence electrons. The SMILES string of the molecule is CCn1cc(C(F)(F)F)nc1-c1ccc(Cn2ncc3cnc(-c4c(OC(F)F)ncnc4C4CC4)nc32)cc1. The highest BCUT2D eigenvalue weighted by atomic mass is 19.4. The molecule has 0 atom stereocenters. The van der Waals surface area contributed by atoms with Crippen LogP contribution in [0.5, 0.6) is 5.88 Å². The van der Waals surface area contributed by atoms with E-state index >= 15 is 0 Å². The summed E-state index contributed by atoms with van der Waals surface area (Å²) in [6, 6.07) is 6.95. The van der Waals surface area contributed by atoms with Gasteiger partial charge in [-0.1, -0.05) is 24.3 Å². The average Bonchev–Trinajstić information content (AvgIpc) is 3.55. The maximum Gasteiger partial charge on any atom is 0.434 e. The van der Waals surface area contributed by atoms with Gasteiger partial charge in [0.2, 0.25) is 5.88 Å². The number of imidazole rings is 1. The van der Waals surface area contributed by atoms with Crippen molar-refractivity contribution in [1.29, 1.82) is 0 Å². The van der Waals surface area contributed by atoms with E-state index in [4.69, 9.17) is 0 Å². The molecular weight excluding hydrogens is 535 g/mol. The van der Waals surface area contributed by atoms with E-state index in [2.05, 4.69) is 34.8 Å². The van der Waals surface area contributed by atoms with Gasteiger partial charge >= 0.3 is 12.8 Å². The zero-order valence-electron chi connectivity index (χ0n) is 21.0. The van der Waals surface area contributed by atoms with E-state index in [-0.39, 0.29) is 35.6 Å². The van der Waals surface area contributed by atoms with E-state index in [0.717, 1.165) is 24.6 Å². The molecule has 5 aromatic rings. The lowest BCUT2D eigenvalue weighted by atomic mass is 10.1. The van der Waals surface area contributed by atoms with Crippen LogP contribution >= 0.6 is 0 Å². The molecule has 0 spiro atoms. The number of benzene rings is 1. The van der Waals surface area contributed by atoms with Crippen LogP contribution < -0.4 is 4.74 Å². The Morgan fingerprint density at radius 1 is 1.02 bits per heavy atom. The third-order valence-corrected chi connectivity index (χ3v) is 6.56. The minimum atomic E-state index is -4.53. The van der Waals surface area contributed by atoms with Crippen LogP contribution in [0.15, 0.2) is 49.2 Å². The van der Waals surface area contributed by atoms with Crippen molar-refractivity contribution >= 4 is 11.0 Å². The van der Waals surface area contributed by atoms with E-state index < -0.39 is 18.5 Å². The van der Waals surface area contributed by atoms with Crippen molar-refractivity contribution in [2.24, 2.45) is 0 Å². The van der Waals surface area contributed by atoms with Gasteiger partial charge in [0.05, 0.1) is 23.8 Å². The molecule has 1 aromatic carbocycles. The van der Waals surface area contributed by atoms with Crippen LogP contribution in [0, 0.1) is 0 Å². The molecule has 1 saturated carbocycles. The first-order chi connectivity index (χ1) is 19.2. The Kier molecular flexibility index (Phi) is 6.39. The van der Waals surface area contributed by atoms with Crippen molar-refractivity contribution in [2.45, 2.75) is 51.6 Å². The first-order valence-electron chi connectivity index (χ1n) is 12.4. The predicted octanol–water partition coefficient (Wildman–Crippen LogP) is 5.71. The summed E-state index contributed by atoms with van der Waals surface area (Å²) in [7, 11) is 0. The molecule has 0 radical (unpaired) electrons. The van der Waals surface area contributed by atoms with Gasteiger partial charge in [0.25, 0.3) is 0 Å². The van der Waals surface area contributed by atoms with Crippen molar-refractivity contribution in [3.8, 4) is 28.7 Å². The molecule has 9 nitrogen and oxygen atoms in total. The number of alkyl halides is 5. The van der Waals surface area contributed by atoms with E-state index in [0.29, 0.717) is 28.8 Å². The summed E-state index contributed by atoms with van der Waals surface area (Å²) in [5, 5.41) is 5.03. The van der Waals surface area contributed by atoms with Gasteiger partial charge in [-0.15, -0.1) is 0 Å². The molecule has 0 amide bonds. The smallest absolute Gasteiger partial charge is 0.416 e. The Labute approximate surface area is 223 Å². The fourth-order valence-corrected chi connectivity index (χ4v) is 4.49. The summed E-state index contributed by atoms with van der Waals surface area (Å²) in [5.41, 5.74) is 1.66. The Morgan fingerprint density at radius 3 is 2.48 bits per heavy atom. The number of nitrogens with zero attached hydrogens (tertiary/aromatic N) is 8. The number of aromatic nitrogens is 8.